The first-order valence-corrected chi connectivity index (χ1v) is 9.75. The highest BCUT2D eigenvalue weighted by atomic mass is 16.5. The van der Waals surface area contributed by atoms with Gasteiger partial charge in [0.15, 0.2) is 0 Å². The van der Waals surface area contributed by atoms with Gasteiger partial charge in [-0.3, -0.25) is 4.79 Å². The van der Waals surface area contributed by atoms with Crippen LogP contribution in [0.4, 0.5) is 0 Å². The Morgan fingerprint density at radius 2 is 2.23 bits per heavy atom. The van der Waals surface area contributed by atoms with Crippen molar-refractivity contribution < 1.29 is 14.6 Å². The minimum Gasteiger partial charge on any atom is -0.468 e. The largest absolute Gasteiger partial charge is 0.468 e. The number of ether oxygens (including phenoxy) is 1. The van der Waals surface area contributed by atoms with E-state index in [4.69, 9.17) is 4.74 Å². The Hall–Kier alpha value is -1.85. The van der Waals surface area contributed by atoms with Crippen LogP contribution >= 0.6 is 0 Å². The summed E-state index contributed by atoms with van der Waals surface area (Å²) in [4.78, 5) is 13.3. The van der Waals surface area contributed by atoms with Crippen LogP contribution in [0.25, 0.3) is 10.9 Å². The van der Waals surface area contributed by atoms with E-state index in [-0.39, 0.29) is 17.9 Å². The van der Waals surface area contributed by atoms with E-state index in [1.165, 1.54) is 12.7 Å². The first-order valence-electron chi connectivity index (χ1n) is 9.75. The lowest BCUT2D eigenvalue weighted by Gasteiger charge is -2.53. The summed E-state index contributed by atoms with van der Waals surface area (Å²) in [5, 5.41) is 16.1. The van der Waals surface area contributed by atoms with Gasteiger partial charge in [-0.25, -0.2) is 0 Å². The number of benzene rings is 1. The predicted molar refractivity (Wildman–Crippen MR) is 98.9 cm³/mol. The van der Waals surface area contributed by atoms with E-state index in [0.29, 0.717) is 12.3 Å². The zero-order valence-corrected chi connectivity index (χ0v) is 15.4. The number of nitrogens with zero attached hydrogens (tertiary/aromatic N) is 1. The number of aromatic nitrogens is 1. The molecule has 1 aliphatic carbocycles. The number of esters is 1. The highest BCUT2D eigenvalue weighted by molar-refractivity contribution is 5.92. The molecular weight excluding hydrogens is 328 g/mol. The number of carbonyl (C=O) groups is 1. The van der Waals surface area contributed by atoms with Crippen LogP contribution in [0.2, 0.25) is 0 Å². The number of fused-ring (bicyclic) bond motifs is 4. The molecule has 2 aromatic rings. The van der Waals surface area contributed by atoms with Crippen molar-refractivity contribution in [2.24, 2.45) is 11.8 Å². The average Bonchev–Trinajstić information content (AvgIpc) is 2.89. The fraction of sp³-hybridized carbons (Fsp3) is 0.571. The van der Waals surface area contributed by atoms with Crippen molar-refractivity contribution in [3.05, 3.63) is 35.5 Å². The van der Waals surface area contributed by atoms with Crippen molar-refractivity contribution in [1.82, 2.24) is 9.88 Å². The topological polar surface area (TPSA) is 63.5 Å². The summed E-state index contributed by atoms with van der Waals surface area (Å²) >= 11 is 0. The lowest BCUT2D eigenvalue weighted by Crippen LogP contribution is -2.63. The van der Waals surface area contributed by atoms with Gasteiger partial charge in [0, 0.05) is 23.0 Å². The van der Waals surface area contributed by atoms with E-state index >= 15 is 0 Å². The fourth-order valence-electron chi connectivity index (χ4n) is 6.16. The first kappa shape index (κ1) is 16.3. The van der Waals surface area contributed by atoms with E-state index < -0.39 is 11.6 Å². The zero-order valence-electron chi connectivity index (χ0n) is 15.4. The summed E-state index contributed by atoms with van der Waals surface area (Å²) in [6, 6.07) is 8.30. The fourth-order valence-corrected chi connectivity index (χ4v) is 6.16. The summed E-state index contributed by atoms with van der Waals surface area (Å²) in [5.74, 6) is 0.281. The molecule has 138 valence electrons. The number of carbonyl (C=O) groups excluding carboxylic acids is 1. The van der Waals surface area contributed by atoms with Crippen molar-refractivity contribution in [2.45, 2.75) is 50.3 Å². The van der Waals surface area contributed by atoms with E-state index in [2.05, 4.69) is 28.9 Å². The Morgan fingerprint density at radius 1 is 1.42 bits per heavy atom. The number of aliphatic hydroxyl groups excluding tert-OH is 1. The molecule has 5 nitrogen and oxygen atoms in total. The van der Waals surface area contributed by atoms with Crippen LogP contribution in [0.15, 0.2) is 24.3 Å². The van der Waals surface area contributed by atoms with Gasteiger partial charge in [-0.2, -0.15) is 0 Å². The molecule has 3 heterocycles. The number of hydrogen-bond acceptors (Lipinski definition) is 4. The number of para-hydroxylation sites is 1. The summed E-state index contributed by atoms with van der Waals surface area (Å²) in [6.45, 7) is 3.04. The standard InChI is InChI=1S/C21H26N2O3/c1-3-12-10-13-11-21(20(25)26-2)17(12)22-9-8-15-14-6-4-5-7-16(14)23(18(15)21)19(13)24/h4-7,12-13,17,19,22,24H,3,8-11H2,1-2H3/t12-,13+,17-,19+,21-/m0/s1. The highest BCUT2D eigenvalue weighted by Gasteiger charge is 2.62. The number of aliphatic hydroxyl groups is 1. The molecule has 0 saturated heterocycles. The number of hydrogen-bond donors (Lipinski definition) is 2. The van der Waals surface area contributed by atoms with Crippen LogP contribution < -0.4 is 5.32 Å². The predicted octanol–water partition coefficient (Wildman–Crippen LogP) is 2.51. The van der Waals surface area contributed by atoms with Gasteiger partial charge in [-0.15, -0.1) is 0 Å². The SMILES string of the molecule is CC[C@H]1C[C@@H]2C[C@@]3(C(=O)OC)c4c(c5ccccc5n4[C@@H]2O)CCN[C@@H]13. The van der Waals surface area contributed by atoms with E-state index in [1.54, 1.807) is 0 Å². The number of rotatable bonds is 2. The molecule has 5 heteroatoms. The van der Waals surface area contributed by atoms with Crippen LogP contribution in [-0.2, 0) is 21.4 Å². The third-order valence-electron chi connectivity index (χ3n) is 7.13. The molecule has 1 saturated carbocycles. The summed E-state index contributed by atoms with van der Waals surface area (Å²) in [6.07, 6.45) is 2.89. The first-order chi connectivity index (χ1) is 12.6. The molecule has 1 aromatic carbocycles. The molecule has 2 N–H and O–H groups in total. The molecule has 2 aliphatic heterocycles. The Balaban J connectivity index is 1.91. The lowest BCUT2D eigenvalue weighted by molar-refractivity contribution is -0.158. The molecule has 0 radical (unpaired) electrons. The number of nitrogens with one attached hydrogen (secondary N) is 1. The molecule has 26 heavy (non-hydrogen) atoms. The van der Waals surface area contributed by atoms with Crippen molar-refractivity contribution >= 4 is 16.9 Å². The Labute approximate surface area is 153 Å². The molecule has 0 amide bonds. The molecule has 1 aromatic heterocycles. The maximum absolute atomic E-state index is 13.3. The van der Waals surface area contributed by atoms with Crippen LogP contribution in [0, 0.1) is 11.8 Å². The molecule has 0 unspecified atom stereocenters. The minimum absolute atomic E-state index is 0.0630. The van der Waals surface area contributed by atoms with Crippen molar-refractivity contribution in [3.63, 3.8) is 0 Å². The van der Waals surface area contributed by atoms with Gasteiger partial charge in [0.05, 0.1) is 12.6 Å². The van der Waals surface area contributed by atoms with Crippen molar-refractivity contribution in [2.75, 3.05) is 13.7 Å². The summed E-state index contributed by atoms with van der Waals surface area (Å²) in [7, 11) is 1.49. The Bertz CT molecular complexity index is 889. The second kappa shape index (κ2) is 5.57. The molecule has 2 bridgehead atoms. The van der Waals surface area contributed by atoms with Crippen molar-refractivity contribution in [1.29, 1.82) is 0 Å². The molecule has 3 aliphatic rings. The Kier molecular flexibility index (Phi) is 3.50. The normalized spacial score (nSPS) is 35.2. The van der Waals surface area contributed by atoms with Crippen LogP contribution in [0.5, 0.6) is 0 Å². The molecular formula is C21H26N2O3. The monoisotopic (exact) mass is 354 g/mol. The van der Waals surface area contributed by atoms with Crippen molar-refractivity contribution in [3.8, 4) is 0 Å². The molecule has 0 spiro atoms. The van der Waals surface area contributed by atoms with E-state index in [9.17, 15) is 9.90 Å². The zero-order chi connectivity index (χ0) is 18.1. The van der Waals surface area contributed by atoms with E-state index in [0.717, 1.165) is 42.4 Å². The lowest BCUT2D eigenvalue weighted by atomic mass is 9.57. The van der Waals surface area contributed by atoms with Crippen LogP contribution in [-0.4, -0.2) is 35.3 Å². The molecule has 5 atom stereocenters. The summed E-state index contributed by atoms with van der Waals surface area (Å²) in [5.41, 5.74) is 2.54. The van der Waals surface area contributed by atoms with E-state index in [1.807, 2.05) is 12.1 Å². The second-order valence-corrected chi connectivity index (χ2v) is 8.14. The molecule has 1 fully saturated rings. The van der Waals surface area contributed by atoms with Crippen LogP contribution in [0.1, 0.15) is 43.7 Å². The van der Waals surface area contributed by atoms with Gasteiger partial charge < -0.3 is 19.7 Å². The average molecular weight is 354 g/mol. The van der Waals surface area contributed by atoms with Gasteiger partial charge in [-0.1, -0.05) is 31.5 Å². The third-order valence-corrected chi connectivity index (χ3v) is 7.13. The van der Waals surface area contributed by atoms with Gasteiger partial charge in [0.2, 0.25) is 0 Å². The number of methoxy groups -OCH3 is 1. The van der Waals surface area contributed by atoms with Gasteiger partial charge in [0.25, 0.3) is 0 Å². The van der Waals surface area contributed by atoms with Crippen LogP contribution in [0.3, 0.4) is 0 Å². The Morgan fingerprint density at radius 3 is 3.00 bits per heavy atom. The minimum atomic E-state index is -0.706. The highest BCUT2D eigenvalue weighted by Crippen LogP contribution is 2.56. The van der Waals surface area contributed by atoms with Gasteiger partial charge >= 0.3 is 5.97 Å². The second-order valence-electron chi connectivity index (χ2n) is 8.14. The van der Waals surface area contributed by atoms with Gasteiger partial charge in [0.1, 0.15) is 11.6 Å². The molecule has 5 rings (SSSR count). The third kappa shape index (κ3) is 1.80. The maximum atomic E-state index is 13.3. The summed E-state index contributed by atoms with van der Waals surface area (Å²) < 4.78 is 7.45. The van der Waals surface area contributed by atoms with Gasteiger partial charge in [-0.05, 0) is 43.4 Å². The maximum Gasteiger partial charge on any atom is 0.319 e. The smallest absolute Gasteiger partial charge is 0.319 e. The quantitative estimate of drug-likeness (QED) is 0.814.